The summed E-state index contributed by atoms with van der Waals surface area (Å²) < 4.78 is 10.6. The molecule has 3 N–H and O–H groups in total. The molecule has 1 aliphatic heterocycles. The van der Waals surface area contributed by atoms with Crippen molar-refractivity contribution in [2.45, 2.75) is 0 Å². The predicted octanol–water partition coefficient (Wildman–Crippen LogP) is 3.10. The maximum atomic E-state index is 5.33. The number of thiocarbonyl (C=S) groups is 1. The van der Waals surface area contributed by atoms with Crippen LogP contribution in [-0.4, -0.2) is 21.9 Å². The molecular weight excluding hydrogens is 300 g/mol. The highest BCUT2D eigenvalue weighted by Gasteiger charge is 2.13. The lowest BCUT2D eigenvalue weighted by Gasteiger charge is -2.08. The summed E-state index contributed by atoms with van der Waals surface area (Å²) in [6, 6.07) is 13.3. The van der Waals surface area contributed by atoms with Gasteiger partial charge < -0.3 is 25.1 Å². The van der Waals surface area contributed by atoms with Crippen LogP contribution >= 0.6 is 12.2 Å². The summed E-state index contributed by atoms with van der Waals surface area (Å²) in [7, 11) is 0. The van der Waals surface area contributed by atoms with E-state index >= 15 is 0 Å². The smallest absolute Gasteiger partial charge is 0.231 e. The van der Waals surface area contributed by atoms with Gasteiger partial charge in [0.05, 0.1) is 11.0 Å². The first-order valence-electron chi connectivity index (χ1n) is 6.70. The standard InChI is InChI=1S/C15H12N4O2S/c22-15(16-9-5-6-12-13(7-9)21-8-20-12)19-14-17-10-3-1-2-4-11(10)18-14/h1-7H,8H2,(H3,16,17,18,19,22). The van der Waals surface area contributed by atoms with E-state index in [0.29, 0.717) is 16.8 Å². The minimum Gasteiger partial charge on any atom is -0.454 e. The topological polar surface area (TPSA) is 71.2 Å². The molecule has 22 heavy (non-hydrogen) atoms. The van der Waals surface area contributed by atoms with Crippen LogP contribution in [0.2, 0.25) is 0 Å². The number of ether oxygens (including phenoxy) is 2. The van der Waals surface area contributed by atoms with E-state index in [1.54, 1.807) is 0 Å². The Kier molecular flexibility index (Phi) is 3.05. The van der Waals surface area contributed by atoms with Gasteiger partial charge in [-0.15, -0.1) is 0 Å². The van der Waals surface area contributed by atoms with E-state index in [2.05, 4.69) is 20.6 Å². The summed E-state index contributed by atoms with van der Waals surface area (Å²) in [5.74, 6) is 2.04. The Hall–Kier alpha value is -2.80. The lowest BCUT2D eigenvalue weighted by molar-refractivity contribution is 0.174. The van der Waals surface area contributed by atoms with E-state index < -0.39 is 0 Å². The Morgan fingerprint density at radius 2 is 1.95 bits per heavy atom. The first kappa shape index (κ1) is 12.9. The summed E-state index contributed by atoms with van der Waals surface area (Å²) >= 11 is 5.30. The third-order valence-electron chi connectivity index (χ3n) is 3.25. The average Bonchev–Trinajstić information content (AvgIpc) is 3.11. The molecule has 6 nitrogen and oxygen atoms in total. The van der Waals surface area contributed by atoms with Gasteiger partial charge in [0.1, 0.15) is 0 Å². The molecule has 0 atom stereocenters. The van der Waals surface area contributed by atoms with Crippen LogP contribution in [0.15, 0.2) is 42.5 Å². The largest absolute Gasteiger partial charge is 0.454 e. The monoisotopic (exact) mass is 312 g/mol. The fourth-order valence-corrected chi connectivity index (χ4v) is 2.47. The summed E-state index contributed by atoms with van der Waals surface area (Å²) in [6.45, 7) is 0.250. The fourth-order valence-electron chi connectivity index (χ4n) is 2.26. The highest BCUT2D eigenvalue weighted by molar-refractivity contribution is 7.80. The second-order valence-corrected chi connectivity index (χ2v) is 5.16. The van der Waals surface area contributed by atoms with E-state index in [9.17, 15) is 0 Å². The van der Waals surface area contributed by atoms with Crippen LogP contribution in [0.3, 0.4) is 0 Å². The van der Waals surface area contributed by atoms with Gasteiger partial charge >= 0.3 is 0 Å². The minimum absolute atomic E-state index is 0.250. The summed E-state index contributed by atoms with van der Waals surface area (Å²) in [6.07, 6.45) is 0. The van der Waals surface area contributed by atoms with E-state index in [0.717, 1.165) is 22.5 Å². The molecule has 0 saturated heterocycles. The molecule has 3 aromatic rings. The number of imidazole rings is 1. The number of aromatic amines is 1. The molecule has 2 aromatic carbocycles. The Bertz CT molecular complexity index is 829. The number of nitrogens with one attached hydrogen (secondary N) is 3. The third-order valence-corrected chi connectivity index (χ3v) is 3.46. The Morgan fingerprint density at radius 1 is 1.09 bits per heavy atom. The van der Waals surface area contributed by atoms with Gasteiger partial charge in [-0.3, -0.25) is 0 Å². The summed E-state index contributed by atoms with van der Waals surface area (Å²) in [5, 5.41) is 6.56. The number of anilines is 2. The van der Waals surface area contributed by atoms with Gasteiger partial charge in [0.25, 0.3) is 0 Å². The second-order valence-electron chi connectivity index (χ2n) is 4.75. The number of benzene rings is 2. The van der Waals surface area contributed by atoms with Gasteiger partial charge in [0, 0.05) is 11.8 Å². The molecule has 0 bridgehead atoms. The number of nitrogens with zero attached hydrogens (tertiary/aromatic N) is 1. The molecule has 4 rings (SSSR count). The van der Waals surface area contributed by atoms with E-state index in [4.69, 9.17) is 21.7 Å². The van der Waals surface area contributed by atoms with Crippen LogP contribution in [0.25, 0.3) is 11.0 Å². The van der Waals surface area contributed by atoms with Crippen molar-refractivity contribution in [1.29, 1.82) is 0 Å². The maximum absolute atomic E-state index is 5.33. The number of rotatable bonds is 2. The van der Waals surface area contributed by atoms with Crippen molar-refractivity contribution in [3.63, 3.8) is 0 Å². The Labute approximate surface area is 131 Å². The second kappa shape index (κ2) is 5.19. The molecule has 0 fully saturated rings. The number of hydrogen-bond acceptors (Lipinski definition) is 4. The summed E-state index contributed by atoms with van der Waals surface area (Å²) in [4.78, 5) is 7.57. The van der Waals surface area contributed by atoms with Crippen molar-refractivity contribution >= 4 is 40.0 Å². The zero-order valence-corrected chi connectivity index (χ0v) is 12.2. The molecule has 0 radical (unpaired) electrons. The molecule has 7 heteroatoms. The molecule has 0 amide bonds. The molecule has 0 aliphatic carbocycles. The molecular formula is C15H12N4O2S. The number of aromatic nitrogens is 2. The molecule has 0 spiro atoms. The highest BCUT2D eigenvalue weighted by Crippen LogP contribution is 2.34. The maximum Gasteiger partial charge on any atom is 0.231 e. The van der Waals surface area contributed by atoms with Crippen molar-refractivity contribution in [3.8, 4) is 11.5 Å². The minimum atomic E-state index is 0.250. The molecule has 110 valence electrons. The molecule has 1 aliphatic rings. The number of H-pyrrole nitrogens is 1. The first-order valence-corrected chi connectivity index (χ1v) is 7.11. The van der Waals surface area contributed by atoms with E-state index in [1.165, 1.54) is 0 Å². The van der Waals surface area contributed by atoms with Crippen molar-refractivity contribution in [2.75, 3.05) is 17.4 Å². The van der Waals surface area contributed by atoms with E-state index in [1.807, 2.05) is 42.5 Å². The SMILES string of the molecule is S=C(Nc1ccc2c(c1)OCO2)Nc1nc2ccccc2[nH]1. The Morgan fingerprint density at radius 3 is 2.86 bits per heavy atom. The summed E-state index contributed by atoms with van der Waals surface area (Å²) in [5.41, 5.74) is 2.66. The average molecular weight is 312 g/mol. The van der Waals surface area contributed by atoms with Crippen LogP contribution in [0.4, 0.5) is 11.6 Å². The van der Waals surface area contributed by atoms with Gasteiger partial charge in [0.15, 0.2) is 16.6 Å². The third kappa shape index (κ3) is 2.42. The van der Waals surface area contributed by atoms with Gasteiger partial charge in [-0.25, -0.2) is 4.98 Å². The molecule has 0 unspecified atom stereocenters. The molecule has 0 saturated carbocycles. The first-order chi connectivity index (χ1) is 10.8. The van der Waals surface area contributed by atoms with Crippen molar-refractivity contribution in [2.24, 2.45) is 0 Å². The molecule has 2 heterocycles. The highest BCUT2D eigenvalue weighted by atomic mass is 32.1. The lowest BCUT2D eigenvalue weighted by atomic mass is 10.3. The van der Waals surface area contributed by atoms with Crippen LogP contribution in [0.5, 0.6) is 11.5 Å². The quantitative estimate of drug-likeness (QED) is 0.632. The van der Waals surface area contributed by atoms with Crippen LogP contribution < -0.4 is 20.1 Å². The lowest BCUT2D eigenvalue weighted by Crippen LogP contribution is -2.19. The number of fused-ring (bicyclic) bond motifs is 2. The van der Waals surface area contributed by atoms with Crippen LogP contribution in [0, 0.1) is 0 Å². The van der Waals surface area contributed by atoms with E-state index in [-0.39, 0.29) is 6.79 Å². The molecule has 1 aromatic heterocycles. The van der Waals surface area contributed by atoms with Crippen molar-refractivity contribution < 1.29 is 9.47 Å². The van der Waals surface area contributed by atoms with Crippen molar-refractivity contribution in [1.82, 2.24) is 9.97 Å². The fraction of sp³-hybridized carbons (Fsp3) is 0.0667. The van der Waals surface area contributed by atoms with Crippen LogP contribution in [0.1, 0.15) is 0 Å². The zero-order chi connectivity index (χ0) is 14.9. The normalized spacial score (nSPS) is 12.4. The predicted molar refractivity (Wildman–Crippen MR) is 88.5 cm³/mol. The van der Waals surface area contributed by atoms with Gasteiger partial charge in [-0.1, -0.05) is 12.1 Å². The zero-order valence-electron chi connectivity index (χ0n) is 11.4. The Balaban J connectivity index is 1.48. The van der Waals surface area contributed by atoms with Crippen LogP contribution in [-0.2, 0) is 0 Å². The van der Waals surface area contributed by atoms with Gasteiger partial charge in [0.2, 0.25) is 12.7 Å². The van der Waals surface area contributed by atoms with Crippen molar-refractivity contribution in [3.05, 3.63) is 42.5 Å². The van der Waals surface area contributed by atoms with Gasteiger partial charge in [-0.05, 0) is 36.5 Å². The number of para-hydroxylation sites is 2. The number of hydrogen-bond donors (Lipinski definition) is 3. The van der Waals surface area contributed by atoms with Gasteiger partial charge in [-0.2, -0.15) is 0 Å².